The molecule has 1 saturated carbocycles. The van der Waals surface area contributed by atoms with Gasteiger partial charge in [-0.25, -0.2) is 35.2 Å². The monoisotopic (exact) mass is 1290 g/mol. The molecule has 3 N–H and O–H groups in total. The van der Waals surface area contributed by atoms with Crippen LogP contribution < -0.4 is 14.1 Å². The van der Waals surface area contributed by atoms with Crippen molar-refractivity contribution in [2.75, 3.05) is 16.8 Å². The van der Waals surface area contributed by atoms with Crippen molar-refractivity contribution in [3.63, 3.8) is 0 Å². The zero-order valence-corrected chi connectivity index (χ0v) is 49.6. The zero-order valence-electron chi connectivity index (χ0n) is 46.3. The molecule has 86 heavy (non-hydrogen) atoms. The Morgan fingerprint density at radius 1 is 0.930 bits per heavy atom. The van der Waals surface area contributed by atoms with Gasteiger partial charge in [0.2, 0.25) is 21.8 Å². The van der Waals surface area contributed by atoms with Gasteiger partial charge < -0.3 is 9.84 Å². The van der Waals surface area contributed by atoms with Gasteiger partial charge >= 0.3 is 20.2 Å². The Hall–Kier alpha value is -6.90. The summed E-state index contributed by atoms with van der Waals surface area (Å²) >= 11 is 6.80. The number of halogens is 11. The predicted octanol–water partition coefficient (Wildman–Crippen LogP) is 9.86. The molecular weight excluding hydrogens is 1240 g/mol. The molecule has 2 aliphatic carbocycles. The molecule has 0 saturated heterocycles. The molecule has 3 aromatic heterocycles. The first-order valence-electron chi connectivity index (χ1n) is 25.5. The van der Waals surface area contributed by atoms with E-state index in [0.29, 0.717) is 17.9 Å². The number of hydrogen-bond donors (Lipinski definition) is 3. The van der Waals surface area contributed by atoms with Gasteiger partial charge in [0.25, 0.3) is 5.92 Å². The maximum atomic E-state index is 15.7. The van der Waals surface area contributed by atoms with Crippen LogP contribution >= 0.6 is 19.4 Å². The highest BCUT2D eigenvalue weighted by atomic mass is 35.5. The van der Waals surface area contributed by atoms with Gasteiger partial charge in [0.1, 0.15) is 52.4 Å². The Kier molecular flexibility index (Phi) is 16.9. The number of rotatable bonds is 18. The summed E-state index contributed by atoms with van der Waals surface area (Å²) in [6.45, 7) is 4.31. The van der Waals surface area contributed by atoms with Crippen LogP contribution in [0.25, 0.3) is 22.0 Å². The van der Waals surface area contributed by atoms with Crippen molar-refractivity contribution < 1.29 is 94.0 Å². The number of phosphoric ester groups is 1. The van der Waals surface area contributed by atoms with E-state index in [4.69, 9.17) is 16.1 Å². The SMILES string of the molecule is CC(=O)Cc1cc(C)cc(OP(=O)(O)O)c1C(C)(C)CC(=O)N(c1nn(CC(F)(F)F)c2c(-c3ccc(C#CC(C)(C)S(C)(=O)=O)nc3[C@H](Cc3cc(F)cc(F)c3)NC(=O)Cn3nc(C(F)(F)F)c4c3C(F)(F)[C@@H]3C[C@H]43)ccc(Cl)c12)S(C)(=O)=O. The molecule has 0 bridgehead atoms. The predicted molar refractivity (Wildman–Crippen MR) is 291 cm³/mol. The highest BCUT2D eigenvalue weighted by Crippen LogP contribution is 2.68. The summed E-state index contributed by atoms with van der Waals surface area (Å²) in [5.74, 6) is -8.81. The number of benzene rings is 3. The number of nitrogens with zero attached hydrogens (tertiary/aromatic N) is 6. The molecule has 3 aromatic carbocycles. The molecule has 0 spiro atoms. The number of phosphoric acid groups is 1. The third kappa shape index (κ3) is 13.6. The minimum absolute atomic E-state index is 0.0219. The fraction of sp³-hybridized carbons (Fsp3) is 0.407. The number of ketones is 1. The van der Waals surface area contributed by atoms with E-state index in [1.807, 2.05) is 0 Å². The second-order valence-electron chi connectivity index (χ2n) is 22.3. The van der Waals surface area contributed by atoms with Gasteiger partial charge in [-0.05, 0) is 105 Å². The molecule has 2 amide bonds. The molecule has 3 atom stereocenters. The topological polar surface area (TPSA) is 250 Å². The molecule has 8 rings (SSSR count). The van der Waals surface area contributed by atoms with E-state index >= 15 is 8.78 Å². The number of Topliss-reactive ketones (excluding diaryl/α,β-unsaturated/α-hetero) is 1. The number of amides is 2. The van der Waals surface area contributed by atoms with Crippen LogP contribution in [0.2, 0.25) is 5.02 Å². The minimum Gasteiger partial charge on any atom is -0.404 e. The van der Waals surface area contributed by atoms with Crippen LogP contribution in [-0.2, 0) is 82.3 Å². The van der Waals surface area contributed by atoms with E-state index in [0.717, 1.165) is 42.7 Å². The summed E-state index contributed by atoms with van der Waals surface area (Å²) in [6.07, 6.45) is -11.6. The lowest BCUT2D eigenvalue weighted by Gasteiger charge is -2.31. The molecule has 18 nitrogen and oxygen atoms in total. The van der Waals surface area contributed by atoms with Crippen molar-refractivity contribution in [3.8, 4) is 28.7 Å². The van der Waals surface area contributed by atoms with Crippen LogP contribution in [0.1, 0.15) is 110 Å². The minimum atomic E-state index is -5.39. The Morgan fingerprint density at radius 2 is 1.56 bits per heavy atom. The number of nitrogens with one attached hydrogen (secondary N) is 1. The normalized spacial score (nSPS) is 16.5. The van der Waals surface area contributed by atoms with Crippen LogP contribution in [-0.4, -0.2) is 92.2 Å². The maximum absolute atomic E-state index is 15.7. The Bertz CT molecular complexity index is 4150. The fourth-order valence-electron chi connectivity index (χ4n) is 10.6. The number of anilines is 1. The molecule has 1 fully saturated rings. The summed E-state index contributed by atoms with van der Waals surface area (Å²) in [5, 5.41) is 8.59. The second kappa shape index (κ2) is 22.4. The summed E-state index contributed by atoms with van der Waals surface area (Å²) in [7, 11) is -14.4. The number of aromatic nitrogens is 5. The number of sulfone groups is 1. The van der Waals surface area contributed by atoms with Crippen LogP contribution in [0.15, 0.2) is 54.6 Å². The summed E-state index contributed by atoms with van der Waals surface area (Å²) in [4.78, 5) is 66.1. The third-order valence-corrected chi connectivity index (χ3v) is 18.1. The van der Waals surface area contributed by atoms with E-state index in [2.05, 4.69) is 32.3 Å². The van der Waals surface area contributed by atoms with Gasteiger partial charge in [0.15, 0.2) is 21.3 Å². The van der Waals surface area contributed by atoms with E-state index in [1.165, 1.54) is 53.7 Å². The summed E-state index contributed by atoms with van der Waals surface area (Å²) in [5.41, 5.74) is -7.90. The van der Waals surface area contributed by atoms with Crippen molar-refractivity contribution in [1.82, 2.24) is 29.9 Å². The molecular formula is C54H51ClF10N7O11PS2. The number of sulfonamides is 1. The van der Waals surface area contributed by atoms with E-state index in [9.17, 15) is 80.7 Å². The second-order valence-corrected chi connectivity index (χ2v) is 28.2. The van der Waals surface area contributed by atoms with Crippen LogP contribution in [0.4, 0.5) is 49.7 Å². The Labute approximate surface area is 489 Å². The first-order valence-corrected chi connectivity index (χ1v) is 31.1. The number of fused-ring (bicyclic) bond motifs is 4. The molecule has 0 radical (unpaired) electrons. The lowest BCUT2D eigenvalue weighted by Crippen LogP contribution is -2.40. The first kappa shape index (κ1) is 65.1. The lowest BCUT2D eigenvalue weighted by atomic mass is 9.77. The first-order chi connectivity index (χ1) is 39.3. The summed E-state index contributed by atoms with van der Waals surface area (Å²) in [6, 6.07) is 7.07. The number of alkyl halides is 8. The highest BCUT2D eigenvalue weighted by molar-refractivity contribution is 7.93. The largest absolute Gasteiger partial charge is 0.524 e. The van der Waals surface area contributed by atoms with Crippen LogP contribution in [0.3, 0.4) is 0 Å². The molecule has 0 unspecified atom stereocenters. The molecule has 462 valence electrons. The zero-order chi connectivity index (χ0) is 64.1. The summed E-state index contributed by atoms with van der Waals surface area (Å²) < 4.78 is 219. The Balaban J connectivity index is 1.36. The number of carbonyl (C=O) groups excluding carboxylic acids is 3. The molecule has 6 aromatic rings. The maximum Gasteiger partial charge on any atom is 0.524 e. The van der Waals surface area contributed by atoms with Gasteiger partial charge in [-0.2, -0.15) is 49.6 Å². The van der Waals surface area contributed by atoms with Gasteiger partial charge in [-0.15, -0.1) is 0 Å². The van der Waals surface area contributed by atoms with Crippen LogP contribution in [0.5, 0.6) is 5.75 Å². The number of carbonyl (C=O) groups is 3. The van der Waals surface area contributed by atoms with E-state index < -0.39 is 191 Å². The van der Waals surface area contributed by atoms with Gasteiger partial charge in [-0.3, -0.25) is 33.5 Å². The van der Waals surface area contributed by atoms with Crippen molar-refractivity contribution in [2.45, 2.75) is 121 Å². The van der Waals surface area contributed by atoms with Crippen molar-refractivity contribution >= 4 is 73.6 Å². The van der Waals surface area contributed by atoms with Crippen molar-refractivity contribution in [1.29, 1.82) is 0 Å². The van der Waals surface area contributed by atoms with Gasteiger partial charge in [-0.1, -0.05) is 43.5 Å². The molecule has 2 aliphatic rings. The van der Waals surface area contributed by atoms with Crippen molar-refractivity contribution in [2.24, 2.45) is 5.92 Å². The number of aryl methyl sites for hydroxylation is 1. The van der Waals surface area contributed by atoms with Crippen molar-refractivity contribution in [3.05, 3.63) is 122 Å². The van der Waals surface area contributed by atoms with Gasteiger partial charge in [0, 0.05) is 58.8 Å². The molecule has 0 aliphatic heterocycles. The smallest absolute Gasteiger partial charge is 0.404 e. The van der Waals surface area contributed by atoms with Gasteiger partial charge in [0.05, 0.1) is 33.9 Å². The number of hydrogen-bond acceptors (Lipinski definition) is 12. The van der Waals surface area contributed by atoms with E-state index in [1.54, 1.807) is 0 Å². The molecule has 3 heterocycles. The van der Waals surface area contributed by atoms with Crippen LogP contribution in [0, 0.1) is 36.3 Å². The third-order valence-electron chi connectivity index (χ3n) is 14.3. The van der Waals surface area contributed by atoms with E-state index in [-0.39, 0.29) is 48.0 Å². The number of pyridine rings is 1. The fourth-order valence-corrected chi connectivity index (χ4v) is 12.4. The lowest BCUT2D eigenvalue weighted by molar-refractivity contribution is -0.143. The quantitative estimate of drug-likeness (QED) is 0.0412. The Morgan fingerprint density at radius 3 is 2.13 bits per heavy atom. The average Bonchev–Trinajstić information content (AvgIpc) is 1.55. The highest BCUT2D eigenvalue weighted by Gasteiger charge is 2.68. The average molecular weight is 1290 g/mol. The standard InChI is InChI=1S/C54H51ClF10N7O11PS2/c1-26-15-29(17-27(2)73)44(39(16-26)83-84(76,77)78)50(3,4)23-41(75)72(86(8,81)82)49-43-37(55)12-11-34(46(43)71(69-49)25-52(58,59)60)33-10-9-32(13-14-51(5,6)85(7,79)80)66-45(33)38(20-28-18-30(56)21-31(57)19-28)67-40(74)24-70-48-42(47(68-70)54(63,64)65)35-22-36(35)53(48,61)62/h9-12,15-16,18-19,21,35-36,38H,17,20,22-25H2,1-8H3,(H,67,74)(H2,76,77,78)/t35-,36+,38-/m0/s1. The molecule has 32 heteroatoms.